The number of anilines is 1. The Kier molecular flexibility index (Phi) is 6.01. The van der Waals surface area contributed by atoms with E-state index < -0.39 is 0 Å². The zero-order chi connectivity index (χ0) is 22.2. The van der Waals surface area contributed by atoms with Gasteiger partial charge in [-0.3, -0.25) is 19.3 Å². The number of fused-ring (bicyclic) bond motifs is 1. The number of aromatic nitrogens is 4. The van der Waals surface area contributed by atoms with E-state index in [-0.39, 0.29) is 11.9 Å². The van der Waals surface area contributed by atoms with Gasteiger partial charge in [0.2, 0.25) is 5.91 Å². The Morgan fingerprint density at radius 1 is 1.03 bits per heavy atom. The van der Waals surface area contributed by atoms with Crippen LogP contribution in [-0.2, 0) is 24.8 Å². The second kappa shape index (κ2) is 8.93. The number of carbonyl (C=O) groups is 1. The molecule has 2 fully saturated rings. The highest BCUT2D eigenvalue weighted by Crippen LogP contribution is 2.36. The van der Waals surface area contributed by atoms with Crippen LogP contribution >= 0.6 is 0 Å². The van der Waals surface area contributed by atoms with E-state index in [0.29, 0.717) is 12.3 Å². The maximum Gasteiger partial charge on any atom is 0.228 e. The molecule has 2 aliphatic heterocycles. The molecular formula is C25H36N6O. The minimum atomic E-state index is 0.201. The monoisotopic (exact) mass is 436 g/mol. The molecule has 0 radical (unpaired) electrons. The molecule has 1 aliphatic carbocycles. The van der Waals surface area contributed by atoms with E-state index in [0.717, 1.165) is 56.2 Å². The number of likely N-dealkylation sites (tertiary alicyclic amines) is 1. The fourth-order valence-corrected chi connectivity index (χ4v) is 5.79. The highest BCUT2D eigenvalue weighted by molar-refractivity contribution is 5.95. The van der Waals surface area contributed by atoms with Gasteiger partial charge in [0.05, 0.1) is 12.2 Å². The van der Waals surface area contributed by atoms with E-state index in [9.17, 15) is 4.79 Å². The molecule has 0 N–H and O–H groups in total. The molecular weight excluding hydrogens is 400 g/mol. The molecule has 172 valence electrons. The Balaban J connectivity index is 1.43. The van der Waals surface area contributed by atoms with Crippen molar-refractivity contribution in [2.75, 3.05) is 18.0 Å². The third kappa shape index (κ3) is 4.07. The molecule has 0 spiro atoms. The standard InChI is InChI=1S/C25H36N6O/c1-17-21-11-12-23(32)31(15-19-8-5-4-6-9-19)25(21)28-24(27-17)22-10-7-13-30(22)16-20-14-26-29(3)18(20)2/h14,19,22H,4-13,15-16H2,1-3H3/t22-/m0/s1. The number of nitrogens with zero attached hydrogens (tertiary/aromatic N) is 6. The third-order valence-electron chi connectivity index (χ3n) is 7.89. The van der Waals surface area contributed by atoms with Crippen molar-refractivity contribution in [2.45, 2.75) is 84.2 Å². The van der Waals surface area contributed by atoms with E-state index >= 15 is 0 Å². The van der Waals surface area contributed by atoms with Crippen molar-refractivity contribution in [3.8, 4) is 0 Å². The van der Waals surface area contributed by atoms with E-state index in [2.05, 4.69) is 23.8 Å². The summed E-state index contributed by atoms with van der Waals surface area (Å²) in [5.74, 6) is 2.64. The average molecular weight is 437 g/mol. The van der Waals surface area contributed by atoms with Gasteiger partial charge in [0, 0.05) is 49.1 Å². The van der Waals surface area contributed by atoms with Crippen LogP contribution < -0.4 is 4.90 Å². The summed E-state index contributed by atoms with van der Waals surface area (Å²) >= 11 is 0. The minimum absolute atomic E-state index is 0.201. The Morgan fingerprint density at radius 3 is 2.59 bits per heavy atom. The largest absolute Gasteiger partial charge is 0.296 e. The lowest BCUT2D eigenvalue weighted by molar-refractivity contribution is -0.119. The van der Waals surface area contributed by atoms with Gasteiger partial charge in [-0.1, -0.05) is 19.3 Å². The zero-order valence-electron chi connectivity index (χ0n) is 19.8. The predicted octanol–water partition coefficient (Wildman–Crippen LogP) is 4.02. The van der Waals surface area contributed by atoms with Crippen LogP contribution in [-0.4, -0.2) is 43.6 Å². The van der Waals surface area contributed by atoms with Crippen molar-refractivity contribution in [2.24, 2.45) is 13.0 Å². The normalized spacial score (nSPS) is 22.5. The van der Waals surface area contributed by atoms with Gasteiger partial charge in [-0.2, -0.15) is 5.10 Å². The number of hydrogen-bond donors (Lipinski definition) is 0. The van der Waals surface area contributed by atoms with Crippen LogP contribution in [0.25, 0.3) is 0 Å². The molecule has 1 amide bonds. The molecule has 0 bridgehead atoms. The minimum Gasteiger partial charge on any atom is -0.296 e. The predicted molar refractivity (Wildman–Crippen MR) is 124 cm³/mol. The molecule has 4 heterocycles. The van der Waals surface area contributed by atoms with E-state index in [1.54, 1.807) is 0 Å². The lowest BCUT2D eigenvalue weighted by Gasteiger charge is -2.34. The van der Waals surface area contributed by atoms with Gasteiger partial charge < -0.3 is 0 Å². The van der Waals surface area contributed by atoms with Crippen molar-refractivity contribution in [3.05, 3.63) is 34.5 Å². The molecule has 2 aromatic rings. The lowest BCUT2D eigenvalue weighted by atomic mass is 9.88. The number of amides is 1. The maximum atomic E-state index is 13.0. The van der Waals surface area contributed by atoms with Gasteiger partial charge in [-0.15, -0.1) is 0 Å². The zero-order valence-corrected chi connectivity index (χ0v) is 19.8. The van der Waals surface area contributed by atoms with Gasteiger partial charge in [-0.25, -0.2) is 9.97 Å². The summed E-state index contributed by atoms with van der Waals surface area (Å²) in [5.41, 5.74) is 4.71. The molecule has 32 heavy (non-hydrogen) atoms. The molecule has 7 nitrogen and oxygen atoms in total. The SMILES string of the molecule is Cc1nc([C@@H]2CCCN2Cc2cnn(C)c2C)nc2c1CCC(=O)N2CC1CCCCC1. The summed E-state index contributed by atoms with van der Waals surface area (Å²) in [5, 5.41) is 4.42. The summed E-state index contributed by atoms with van der Waals surface area (Å²) < 4.78 is 1.94. The fourth-order valence-electron chi connectivity index (χ4n) is 5.79. The summed E-state index contributed by atoms with van der Waals surface area (Å²) in [4.78, 5) is 27.6. The molecule has 1 saturated heterocycles. The summed E-state index contributed by atoms with van der Waals surface area (Å²) in [6, 6.07) is 0.201. The van der Waals surface area contributed by atoms with E-state index in [1.807, 2.05) is 22.8 Å². The van der Waals surface area contributed by atoms with Crippen molar-refractivity contribution >= 4 is 11.7 Å². The molecule has 1 saturated carbocycles. The molecule has 2 aromatic heterocycles. The quantitative estimate of drug-likeness (QED) is 0.708. The average Bonchev–Trinajstić information content (AvgIpc) is 3.38. The highest BCUT2D eigenvalue weighted by atomic mass is 16.2. The van der Waals surface area contributed by atoms with Crippen molar-refractivity contribution < 1.29 is 4.79 Å². The first-order chi connectivity index (χ1) is 15.5. The van der Waals surface area contributed by atoms with Crippen molar-refractivity contribution in [1.29, 1.82) is 0 Å². The molecule has 0 unspecified atom stereocenters. The molecule has 0 aromatic carbocycles. The Labute approximate surface area is 191 Å². The number of hydrogen-bond acceptors (Lipinski definition) is 5. The van der Waals surface area contributed by atoms with Crippen LogP contribution in [0.2, 0.25) is 0 Å². The molecule has 5 rings (SSSR count). The number of rotatable bonds is 5. The van der Waals surface area contributed by atoms with Gasteiger partial charge in [0.1, 0.15) is 11.6 Å². The van der Waals surface area contributed by atoms with Crippen LogP contribution in [0, 0.1) is 19.8 Å². The summed E-state index contributed by atoms with van der Waals surface area (Å²) in [6.45, 7) is 6.97. The van der Waals surface area contributed by atoms with E-state index in [1.165, 1.54) is 48.9 Å². The molecule has 7 heteroatoms. The summed E-state index contributed by atoms with van der Waals surface area (Å²) in [6.07, 6.45) is 11.9. The van der Waals surface area contributed by atoms with Crippen LogP contribution in [0.3, 0.4) is 0 Å². The first-order valence-electron chi connectivity index (χ1n) is 12.4. The van der Waals surface area contributed by atoms with E-state index in [4.69, 9.17) is 9.97 Å². The fraction of sp³-hybridized carbons (Fsp3) is 0.680. The summed E-state index contributed by atoms with van der Waals surface area (Å²) in [7, 11) is 1.99. The smallest absolute Gasteiger partial charge is 0.228 e. The Bertz CT molecular complexity index is 993. The maximum absolute atomic E-state index is 13.0. The first-order valence-corrected chi connectivity index (χ1v) is 12.4. The van der Waals surface area contributed by atoms with Crippen LogP contribution in [0.4, 0.5) is 5.82 Å². The first kappa shape index (κ1) is 21.6. The van der Waals surface area contributed by atoms with Crippen LogP contribution in [0.5, 0.6) is 0 Å². The number of aryl methyl sites for hydroxylation is 2. The van der Waals surface area contributed by atoms with Crippen LogP contribution in [0.1, 0.15) is 85.7 Å². The second-order valence-electron chi connectivity index (χ2n) is 9.99. The Hall–Kier alpha value is -2.28. The van der Waals surface area contributed by atoms with Crippen molar-refractivity contribution in [3.63, 3.8) is 0 Å². The topological polar surface area (TPSA) is 67.2 Å². The van der Waals surface area contributed by atoms with Gasteiger partial charge in [0.25, 0.3) is 0 Å². The Morgan fingerprint density at radius 2 is 1.84 bits per heavy atom. The molecule has 3 aliphatic rings. The van der Waals surface area contributed by atoms with Gasteiger partial charge in [-0.05, 0) is 58.4 Å². The second-order valence-corrected chi connectivity index (χ2v) is 9.99. The lowest BCUT2D eigenvalue weighted by Crippen LogP contribution is -2.40. The van der Waals surface area contributed by atoms with Gasteiger partial charge in [0.15, 0.2) is 0 Å². The van der Waals surface area contributed by atoms with Crippen molar-refractivity contribution in [1.82, 2.24) is 24.6 Å². The third-order valence-corrected chi connectivity index (χ3v) is 7.89. The van der Waals surface area contributed by atoms with Crippen LogP contribution in [0.15, 0.2) is 6.20 Å². The van der Waals surface area contributed by atoms with Gasteiger partial charge >= 0.3 is 0 Å². The molecule has 1 atom stereocenters. The number of carbonyl (C=O) groups excluding carboxylic acids is 1. The highest BCUT2D eigenvalue weighted by Gasteiger charge is 2.34.